The van der Waals surface area contributed by atoms with Crippen molar-refractivity contribution in [2.45, 2.75) is 20.0 Å². The molecule has 2 rings (SSSR count). The second-order valence-corrected chi connectivity index (χ2v) is 4.86. The molecule has 21 heavy (non-hydrogen) atoms. The lowest BCUT2D eigenvalue weighted by atomic mass is 10.3. The number of hydrogen-bond acceptors (Lipinski definition) is 4. The molecule has 0 aliphatic rings. The molecule has 1 amide bonds. The van der Waals surface area contributed by atoms with Crippen molar-refractivity contribution in [2.75, 3.05) is 20.3 Å². The van der Waals surface area contributed by atoms with Crippen LogP contribution in [0.25, 0.3) is 0 Å². The fraction of sp³-hybridized carbons (Fsp3) is 0.429. The van der Waals surface area contributed by atoms with E-state index >= 15 is 0 Å². The predicted molar refractivity (Wildman–Crippen MR) is 78.2 cm³/mol. The summed E-state index contributed by atoms with van der Waals surface area (Å²) in [5, 5.41) is 4.45. The highest BCUT2D eigenvalue weighted by molar-refractivity contribution is 6.33. The number of carbonyl (C=O) groups is 1. The zero-order valence-electron chi connectivity index (χ0n) is 12.1. The number of amides is 1. The summed E-state index contributed by atoms with van der Waals surface area (Å²) in [6, 6.07) is 3.61. The summed E-state index contributed by atoms with van der Waals surface area (Å²) in [5.41, 5.74) is 0.391. The first-order valence-corrected chi connectivity index (χ1v) is 7.07. The Balaban J connectivity index is 2.22. The molecule has 0 radical (unpaired) electrons. The number of furan rings is 1. The van der Waals surface area contributed by atoms with Gasteiger partial charge in [0.15, 0.2) is 0 Å². The average molecular weight is 312 g/mol. The van der Waals surface area contributed by atoms with E-state index in [9.17, 15) is 4.79 Å². The highest BCUT2D eigenvalue weighted by Gasteiger charge is 2.23. The highest BCUT2D eigenvalue weighted by Crippen LogP contribution is 2.18. The zero-order valence-corrected chi connectivity index (χ0v) is 12.8. The normalized spacial score (nSPS) is 10.8. The van der Waals surface area contributed by atoms with Crippen LogP contribution in [0.2, 0.25) is 5.02 Å². The van der Waals surface area contributed by atoms with Gasteiger partial charge in [0.25, 0.3) is 5.91 Å². The van der Waals surface area contributed by atoms with E-state index in [4.69, 9.17) is 20.8 Å². The van der Waals surface area contributed by atoms with E-state index in [0.29, 0.717) is 42.7 Å². The number of ether oxygens (including phenoxy) is 1. The fourth-order valence-corrected chi connectivity index (χ4v) is 2.23. The van der Waals surface area contributed by atoms with Gasteiger partial charge in [0.2, 0.25) is 0 Å². The van der Waals surface area contributed by atoms with Gasteiger partial charge in [0.1, 0.15) is 11.5 Å². The van der Waals surface area contributed by atoms with Crippen molar-refractivity contribution in [1.82, 2.24) is 14.7 Å². The molecular formula is C14H18ClN3O3. The number of aromatic nitrogens is 2. The van der Waals surface area contributed by atoms with Gasteiger partial charge in [-0.25, -0.2) is 0 Å². The molecule has 114 valence electrons. The van der Waals surface area contributed by atoms with Crippen LogP contribution in [0, 0.1) is 0 Å². The van der Waals surface area contributed by atoms with E-state index in [-0.39, 0.29) is 5.91 Å². The smallest absolute Gasteiger partial charge is 0.274 e. The lowest BCUT2D eigenvalue weighted by Gasteiger charge is -2.21. The van der Waals surface area contributed by atoms with Gasteiger partial charge in [-0.1, -0.05) is 11.6 Å². The van der Waals surface area contributed by atoms with Gasteiger partial charge < -0.3 is 14.1 Å². The Morgan fingerprint density at radius 1 is 1.57 bits per heavy atom. The van der Waals surface area contributed by atoms with E-state index in [2.05, 4.69) is 5.10 Å². The maximum Gasteiger partial charge on any atom is 0.274 e. The summed E-state index contributed by atoms with van der Waals surface area (Å²) < 4.78 is 12.0. The van der Waals surface area contributed by atoms with E-state index in [0.717, 1.165) is 0 Å². The van der Waals surface area contributed by atoms with E-state index in [1.54, 1.807) is 29.0 Å². The monoisotopic (exact) mass is 311 g/mol. The first-order valence-electron chi connectivity index (χ1n) is 6.69. The lowest BCUT2D eigenvalue weighted by Crippen LogP contribution is -2.35. The molecule has 0 saturated carbocycles. The minimum absolute atomic E-state index is 0.187. The van der Waals surface area contributed by atoms with Gasteiger partial charge in [-0.05, 0) is 19.1 Å². The third-order valence-corrected chi connectivity index (χ3v) is 3.35. The highest BCUT2D eigenvalue weighted by atomic mass is 35.5. The molecule has 0 atom stereocenters. The largest absolute Gasteiger partial charge is 0.467 e. The zero-order chi connectivity index (χ0) is 15.2. The van der Waals surface area contributed by atoms with Gasteiger partial charge >= 0.3 is 0 Å². The summed E-state index contributed by atoms with van der Waals surface area (Å²) in [7, 11) is 1.60. The summed E-state index contributed by atoms with van der Waals surface area (Å²) >= 11 is 6.09. The maximum atomic E-state index is 12.7. The van der Waals surface area contributed by atoms with Crippen molar-refractivity contribution >= 4 is 17.5 Å². The quantitative estimate of drug-likeness (QED) is 0.788. The molecule has 0 aliphatic carbocycles. The van der Waals surface area contributed by atoms with Gasteiger partial charge in [0.05, 0.1) is 30.6 Å². The first kappa shape index (κ1) is 15.6. The Labute approximate surface area is 128 Å². The van der Waals surface area contributed by atoms with Crippen LogP contribution < -0.4 is 0 Å². The van der Waals surface area contributed by atoms with Gasteiger partial charge in [0, 0.05) is 20.2 Å². The topological polar surface area (TPSA) is 60.5 Å². The van der Waals surface area contributed by atoms with Crippen molar-refractivity contribution in [2.24, 2.45) is 0 Å². The van der Waals surface area contributed by atoms with Crippen LogP contribution in [0.15, 0.2) is 29.0 Å². The number of nitrogens with zero attached hydrogens (tertiary/aromatic N) is 3. The molecule has 0 unspecified atom stereocenters. The molecular weight excluding hydrogens is 294 g/mol. The SMILES string of the molecule is CCn1ncc(Cl)c1C(=O)N(CCOC)Cc1ccco1. The van der Waals surface area contributed by atoms with Crippen molar-refractivity contribution in [3.63, 3.8) is 0 Å². The van der Waals surface area contributed by atoms with E-state index in [1.807, 2.05) is 13.0 Å². The number of aryl methyl sites for hydroxylation is 1. The minimum atomic E-state index is -0.187. The van der Waals surface area contributed by atoms with Crippen LogP contribution in [0.1, 0.15) is 23.2 Å². The third-order valence-electron chi connectivity index (χ3n) is 3.08. The number of methoxy groups -OCH3 is 1. The average Bonchev–Trinajstić information content (AvgIpc) is 3.11. The minimum Gasteiger partial charge on any atom is -0.467 e. The number of halogens is 1. The first-order chi connectivity index (χ1) is 10.2. The Bertz CT molecular complexity index is 580. The van der Waals surface area contributed by atoms with Gasteiger partial charge in [-0.2, -0.15) is 5.10 Å². The molecule has 0 fully saturated rings. The summed E-state index contributed by atoms with van der Waals surface area (Å²) in [5.74, 6) is 0.519. The molecule has 2 aromatic rings. The predicted octanol–water partition coefficient (Wildman–Crippen LogP) is 2.44. The van der Waals surface area contributed by atoms with Crippen molar-refractivity contribution in [3.05, 3.63) is 41.1 Å². The van der Waals surface area contributed by atoms with Gasteiger partial charge in [-0.15, -0.1) is 0 Å². The Hall–Kier alpha value is -1.79. The Morgan fingerprint density at radius 2 is 2.38 bits per heavy atom. The Morgan fingerprint density at radius 3 is 3.00 bits per heavy atom. The van der Waals surface area contributed by atoms with E-state index < -0.39 is 0 Å². The van der Waals surface area contributed by atoms with Crippen LogP contribution in [0.4, 0.5) is 0 Å². The van der Waals surface area contributed by atoms with Crippen molar-refractivity contribution in [3.8, 4) is 0 Å². The molecule has 2 aromatic heterocycles. The molecule has 0 saturated heterocycles. The van der Waals surface area contributed by atoms with Crippen LogP contribution in [0.3, 0.4) is 0 Å². The number of hydrogen-bond donors (Lipinski definition) is 0. The molecule has 2 heterocycles. The molecule has 0 spiro atoms. The standard InChI is InChI=1S/C14H18ClN3O3/c1-3-18-13(12(15)9-16-18)14(19)17(6-8-20-2)10-11-5-4-7-21-11/h4-5,7,9H,3,6,8,10H2,1-2H3. The van der Waals surface area contributed by atoms with Crippen molar-refractivity contribution < 1.29 is 13.9 Å². The summed E-state index contributed by atoms with van der Waals surface area (Å²) in [6.07, 6.45) is 3.07. The van der Waals surface area contributed by atoms with Crippen molar-refractivity contribution in [1.29, 1.82) is 0 Å². The fourth-order valence-electron chi connectivity index (χ4n) is 2.01. The summed E-state index contributed by atoms with van der Waals surface area (Å²) in [4.78, 5) is 14.4. The lowest BCUT2D eigenvalue weighted by molar-refractivity contribution is 0.0654. The number of rotatable bonds is 7. The van der Waals surface area contributed by atoms with Gasteiger partial charge in [-0.3, -0.25) is 9.48 Å². The molecule has 0 aromatic carbocycles. The van der Waals surface area contributed by atoms with E-state index in [1.165, 1.54) is 6.20 Å². The van der Waals surface area contributed by atoms with Crippen LogP contribution >= 0.6 is 11.6 Å². The third kappa shape index (κ3) is 3.65. The molecule has 7 heteroatoms. The maximum absolute atomic E-state index is 12.7. The second-order valence-electron chi connectivity index (χ2n) is 4.46. The molecule has 6 nitrogen and oxygen atoms in total. The van der Waals surface area contributed by atoms with Crippen LogP contribution in [-0.2, 0) is 17.8 Å². The number of carbonyl (C=O) groups excluding carboxylic acids is 1. The molecule has 0 bridgehead atoms. The summed E-state index contributed by atoms with van der Waals surface area (Å²) in [6.45, 7) is 3.73. The van der Waals surface area contributed by atoms with Crippen LogP contribution in [0.5, 0.6) is 0 Å². The molecule has 0 N–H and O–H groups in total. The second kappa shape index (κ2) is 7.28. The Kier molecular flexibility index (Phi) is 5.41. The molecule has 0 aliphatic heterocycles. The van der Waals surface area contributed by atoms with Crippen LogP contribution in [-0.4, -0.2) is 40.8 Å².